The van der Waals surface area contributed by atoms with Gasteiger partial charge in [0, 0.05) is 31.4 Å². The standard InChI is InChI=1S/C13H24N4/c1-5-8-9-14-12-10-11(4)15-13(16-12)17(6-2)7-3/h10H,5-9H2,1-4H3,(H,14,15,16). The van der Waals surface area contributed by atoms with Crippen molar-refractivity contribution in [3.05, 3.63) is 11.8 Å². The van der Waals surface area contributed by atoms with Gasteiger partial charge in [-0.25, -0.2) is 4.98 Å². The highest BCUT2D eigenvalue weighted by molar-refractivity contribution is 5.43. The fourth-order valence-corrected chi connectivity index (χ4v) is 1.68. The summed E-state index contributed by atoms with van der Waals surface area (Å²) in [7, 11) is 0. The van der Waals surface area contributed by atoms with Crippen LogP contribution in [0, 0.1) is 6.92 Å². The molecule has 0 spiro atoms. The minimum absolute atomic E-state index is 0.828. The third-order valence-corrected chi connectivity index (χ3v) is 2.73. The average molecular weight is 236 g/mol. The van der Waals surface area contributed by atoms with E-state index in [9.17, 15) is 0 Å². The normalized spacial score (nSPS) is 10.4. The molecule has 1 N–H and O–H groups in total. The van der Waals surface area contributed by atoms with Crippen LogP contribution in [0.4, 0.5) is 11.8 Å². The summed E-state index contributed by atoms with van der Waals surface area (Å²) in [5.74, 6) is 1.77. The van der Waals surface area contributed by atoms with Gasteiger partial charge in [0.05, 0.1) is 0 Å². The molecule has 96 valence electrons. The van der Waals surface area contributed by atoms with Gasteiger partial charge in [-0.2, -0.15) is 4.98 Å². The number of hydrogen-bond acceptors (Lipinski definition) is 4. The van der Waals surface area contributed by atoms with Gasteiger partial charge in [0.15, 0.2) is 0 Å². The average Bonchev–Trinajstić information content (AvgIpc) is 2.30. The summed E-state index contributed by atoms with van der Waals surface area (Å²) in [6.07, 6.45) is 2.36. The van der Waals surface area contributed by atoms with E-state index >= 15 is 0 Å². The molecule has 1 rings (SSSR count). The quantitative estimate of drug-likeness (QED) is 0.739. The number of unbranched alkanes of at least 4 members (excludes halogenated alkanes) is 1. The maximum atomic E-state index is 4.55. The van der Waals surface area contributed by atoms with E-state index in [-0.39, 0.29) is 0 Å². The number of nitrogens with zero attached hydrogens (tertiary/aromatic N) is 3. The second-order valence-electron chi connectivity index (χ2n) is 4.15. The summed E-state index contributed by atoms with van der Waals surface area (Å²) in [4.78, 5) is 11.2. The van der Waals surface area contributed by atoms with Crippen molar-refractivity contribution in [2.45, 2.75) is 40.5 Å². The van der Waals surface area contributed by atoms with Gasteiger partial charge in [-0.05, 0) is 27.2 Å². The Morgan fingerprint density at radius 1 is 1.18 bits per heavy atom. The minimum Gasteiger partial charge on any atom is -0.370 e. The van der Waals surface area contributed by atoms with Gasteiger partial charge in [-0.15, -0.1) is 0 Å². The lowest BCUT2D eigenvalue weighted by molar-refractivity contribution is 0.807. The molecule has 0 saturated heterocycles. The number of hydrogen-bond donors (Lipinski definition) is 1. The van der Waals surface area contributed by atoms with Crippen LogP contribution in [0.15, 0.2) is 6.07 Å². The Hall–Kier alpha value is -1.32. The van der Waals surface area contributed by atoms with Crippen LogP contribution < -0.4 is 10.2 Å². The van der Waals surface area contributed by atoms with Crippen LogP contribution in [0.1, 0.15) is 39.3 Å². The monoisotopic (exact) mass is 236 g/mol. The summed E-state index contributed by atoms with van der Waals surface area (Å²) < 4.78 is 0. The van der Waals surface area contributed by atoms with Gasteiger partial charge in [-0.1, -0.05) is 13.3 Å². The molecule has 0 aliphatic carbocycles. The van der Waals surface area contributed by atoms with E-state index < -0.39 is 0 Å². The van der Waals surface area contributed by atoms with E-state index in [4.69, 9.17) is 0 Å². The molecular weight excluding hydrogens is 212 g/mol. The molecule has 0 fully saturated rings. The van der Waals surface area contributed by atoms with Crippen molar-refractivity contribution in [2.24, 2.45) is 0 Å². The zero-order chi connectivity index (χ0) is 12.7. The van der Waals surface area contributed by atoms with Crippen molar-refractivity contribution >= 4 is 11.8 Å². The van der Waals surface area contributed by atoms with E-state index in [1.54, 1.807) is 0 Å². The van der Waals surface area contributed by atoms with Crippen molar-refractivity contribution in [3.63, 3.8) is 0 Å². The Balaban J connectivity index is 2.78. The van der Waals surface area contributed by atoms with Crippen LogP contribution in [0.3, 0.4) is 0 Å². The van der Waals surface area contributed by atoms with Crippen molar-refractivity contribution in [2.75, 3.05) is 29.9 Å². The van der Waals surface area contributed by atoms with Crippen molar-refractivity contribution in [1.82, 2.24) is 9.97 Å². The highest BCUT2D eigenvalue weighted by atomic mass is 15.3. The molecule has 0 saturated carbocycles. The Morgan fingerprint density at radius 3 is 2.47 bits per heavy atom. The van der Waals surface area contributed by atoms with E-state index in [1.165, 1.54) is 12.8 Å². The molecule has 0 aliphatic heterocycles. The highest BCUT2D eigenvalue weighted by Crippen LogP contribution is 2.13. The van der Waals surface area contributed by atoms with Gasteiger partial charge in [0.2, 0.25) is 5.95 Å². The zero-order valence-corrected chi connectivity index (χ0v) is 11.5. The molecule has 4 nitrogen and oxygen atoms in total. The second-order valence-corrected chi connectivity index (χ2v) is 4.15. The SMILES string of the molecule is CCCCNc1cc(C)nc(N(CC)CC)n1. The maximum Gasteiger partial charge on any atom is 0.227 e. The van der Waals surface area contributed by atoms with Crippen LogP contribution >= 0.6 is 0 Å². The first-order valence-electron chi connectivity index (χ1n) is 6.55. The highest BCUT2D eigenvalue weighted by Gasteiger charge is 2.07. The first kappa shape index (κ1) is 13.7. The van der Waals surface area contributed by atoms with E-state index in [0.29, 0.717) is 0 Å². The summed E-state index contributed by atoms with van der Waals surface area (Å²) in [6.45, 7) is 11.3. The predicted molar refractivity (Wildman–Crippen MR) is 73.7 cm³/mol. The molecule has 0 radical (unpaired) electrons. The number of aryl methyl sites for hydroxylation is 1. The Morgan fingerprint density at radius 2 is 1.88 bits per heavy atom. The molecular formula is C13H24N4. The van der Waals surface area contributed by atoms with E-state index in [2.05, 4.69) is 41.0 Å². The van der Waals surface area contributed by atoms with Crippen molar-refractivity contribution in [3.8, 4) is 0 Å². The fraction of sp³-hybridized carbons (Fsp3) is 0.692. The third kappa shape index (κ3) is 4.21. The van der Waals surface area contributed by atoms with Crippen LogP contribution in [0.25, 0.3) is 0 Å². The van der Waals surface area contributed by atoms with Crippen molar-refractivity contribution < 1.29 is 0 Å². The summed E-state index contributed by atoms with van der Waals surface area (Å²) in [5.41, 5.74) is 1.01. The van der Waals surface area contributed by atoms with Gasteiger partial charge in [0.25, 0.3) is 0 Å². The molecule has 0 aromatic carbocycles. The molecule has 0 aliphatic rings. The lowest BCUT2D eigenvalue weighted by Gasteiger charge is -2.19. The minimum atomic E-state index is 0.828. The molecule has 0 unspecified atom stereocenters. The molecule has 1 aromatic heterocycles. The van der Waals surface area contributed by atoms with Crippen LogP contribution in [0.5, 0.6) is 0 Å². The zero-order valence-electron chi connectivity index (χ0n) is 11.5. The molecule has 4 heteroatoms. The van der Waals surface area contributed by atoms with Gasteiger partial charge >= 0.3 is 0 Å². The van der Waals surface area contributed by atoms with Crippen molar-refractivity contribution in [1.29, 1.82) is 0 Å². The van der Waals surface area contributed by atoms with Crippen LogP contribution in [0.2, 0.25) is 0 Å². The summed E-state index contributed by atoms with van der Waals surface area (Å²) in [5, 5.41) is 3.35. The molecule has 0 amide bonds. The van der Waals surface area contributed by atoms with E-state index in [1.807, 2.05) is 13.0 Å². The second kappa shape index (κ2) is 7.09. The van der Waals surface area contributed by atoms with Gasteiger partial charge < -0.3 is 10.2 Å². The Kier molecular flexibility index (Phi) is 5.73. The van der Waals surface area contributed by atoms with Crippen LogP contribution in [-0.2, 0) is 0 Å². The lowest BCUT2D eigenvalue weighted by atomic mass is 10.3. The largest absolute Gasteiger partial charge is 0.370 e. The topological polar surface area (TPSA) is 41.1 Å². The van der Waals surface area contributed by atoms with Gasteiger partial charge in [0.1, 0.15) is 5.82 Å². The number of nitrogens with one attached hydrogen (secondary N) is 1. The Bertz CT molecular complexity index is 334. The summed E-state index contributed by atoms with van der Waals surface area (Å²) >= 11 is 0. The maximum absolute atomic E-state index is 4.55. The third-order valence-electron chi connectivity index (χ3n) is 2.73. The predicted octanol–water partition coefficient (Wildman–Crippen LogP) is 2.84. The molecule has 1 heterocycles. The fourth-order valence-electron chi connectivity index (χ4n) is 1.68. The Labute approximate surface area is 104 Å². The molecule has 0 atom stereocenters. The summed E-state index contributed by atoms with van der Waals surface area (Å²) in [6, 6.07) is 2.00. The van der Waals surface area contributed by atoms with E-state index in [0.717, 1.165) is 37.1 Å². The first-order valence-corrected chi connectivity index (χ1v) is 6.55. The molecule has 0 bridgehead atoms. The first-order chi connectivity index (χ1) is 8.21. The van der Waals surface area contributed by atoms with Crippen LogP contribution in [-0.4, -0.2) is 29.6 Å². The molecule has 17 heavy (non-hydrogen) atoms. The number of aromatic nitrogens is 2. The lowest BCUT2D eigenvalue weighted by Crippen LogP contribution is -2.24. The number of rotatable bonds is 7. The van der Waals surface area contributed by atoms with Gasteiger partial charge in [-0.3, -0.25) is 0 Å². The molecule has 1 aromatic rings. The number of anilines is 2. The smallest absolute Gasteiger partial charge is 0.227 e.